The van der Waals surface area contributed by atoms with Crippen LogP contribution in [0.5, 0.6) is 0 Å². The van der Waals surface area contributed by atoms with Crippen LogP contribution < -0.4 is 0 Å². The Labute approximate surface area is 95.4 Å². The minimum Gasteiger partial charge on any atom is -0.376 e. The minimum absolute atomic E-state index is 0.239. The van der Waals surface area contributed by atoms with Gasteiger partial charge in [-0.15, -0.1) is 0 Å². The second-order valence-corrected chi connectivity index (χ2v) is 3.97. The van der Waals surface area contributed by atoms with E-state index in [1.54, 1.807) is 6.07 Å². The van der Waals surface area contributed by atoms with Gasteiger partial charge in [-0.2, -0.15) is 0 Å². The fourth-order valence-electron chi connectivity index (χ4n) is 1.86. The Balaban J connectivity index is 1.82. The maximum atomic E-state index is 10.8. The molecule has 3 nitrogen and oxygen atoms in total. The van der Waals surface area contributed by atoms with Crippen LogP contribution >= 0.6 is 0 Å². The molecule has 16 heavy (non-hydrogen) atoms. The molecule has 0 spiro atoms. The van der Waals surface area contributed by atoms with Crippen molar-refractivity contribution in [3.05, 3.63) is 35.4 Å². The Morgan fingerprint density at radius 1 is 1.44 bits per heavy atom. The van der Waals surface area contributed by atoms with Crippen LogP contribution in [0.15, 0.2) is 24.3 Å². The number of hydrogen-bond acceptors (Lipinski definition) is 3. The zero-order valence-corrected chi connectivity index (χ0v) is 9.22. The van der Waals surface area contributed by atoms with E-state index in [1.807, 2.05) is 18.2 Å². The van der Waals surface area contributed by atoms with E-state index in [4.69, 9.17) is 9.47 Å². The molecule has 2 rings (SSSR count). The first-order valence-electron chi connectivity index (χ1n) is 5.62. The zero-order chi connectivity index (χ0) is 11.2. The molecule has 1 saturated heterocycles. The summed E-state index contributed by atoms with van der Waals surface area (Å²) in [5.74, 6) is 0. The molecule has 1 fully saturated rings. The van der Waals surface area contributed by atoms with Crippen LogP contribution in [0.3, 0.4) is 0 Å². The Hall–Kier alpha value is -1.19. The van der Waals surface area contributed by atoms with E-state index in [1.165, 1.54) is 0 Å². The number of rotatable bonds is 5. The van der Waals surface area contributed by atoms with Crippen LogP contribution in [0, 0.1) is 0 Å². The minimum atomic E-state index is 0.239. The lowest BCUT2D eigenvalue weighted by Gasteiger charge is -2.10. The molecule has 3 heteroatoms. The van der Waals surface area contributed by atoms with Gasteiger partial charge in [0.2, 0.25) is 0 Å². The lowest BCUT2D eigenvalue weighted by molar-refractivity contribution is 0.0105. The van der Waals surface area contributed by atoms with Gasteiger partial charge in [-0.3, -0.25) is 4.79 Å². The summed E-state index contributed by atoms with van der Waals surface area (Å²) in [5.41, 5.74) is 1.64. The number of benzene rings is 1. The number of carbonyl (C=O) groups excluding carboxylic acids is 1. The third-order valence-corrected chi connectivity index (χ3v) is 2.77. The largest absolute Gasteiger partial charge is 0.376 e. The summed E-state index contributed by atoms with van der Waals surface area (Å²) in [7, 11) is 0. The summed E-state index contributed by atoms with van der Waals surface area (Å²) in [6, 6.07) is 7.49. The smallest absolute Gasteiger partial charge is 0.150 e. The first-order valence-corrected chi connectivity index (χ1v) is 5.62. The molecular formula is C13H16O3. The molecule has 1 aliphatic heterocycles. The zero-order valence-electron chi connectivity index (χ0n) is 9.22. The predicted octanol–water partition coefficient (Wildman–Crippen LogP) is 2.19. The van der Waals surface area contributed by atoms with Crippen LogP contribution in [0.1, 0.15) is 28.8 Å². The summed E-state index contributed by atoms with van der Waals surface area (Å²) in [4.78, 5) is 10.8. The number of hydrogen-bond donors (Lipinski definition) is 0. The average molecular weight is 220 g/mol. The van der Waals surface area contributed by atoms with Gasteiger partial charge in [0.15, 0.2) is 0 Å². The summed E-state index contributed by atoms with van der Waals surface area (Å²) < 4.78 is 11.0. The lowest BCUT2D eigenvalue weighted by Crippen LogP contribution is -2.14. The normalized spacial score (nSPS) is 19.9. The number of carbonyl (C=O) groups is 1. The molecule has 0 saturated carbocycles. The van der Waals surface area contributed by atoms with Crippen LogP contribution in [0.4, 0.5) is 0 Å². The van der Waals surface area contributed by atoms with E-state index in [2.05, 4.69) is 0 Å². The first-order chi connectivity index (χ1) is 7.90. The van der Waals surface area contributed by atoms with E-state index >= 15 is 0 Å². The van der Waals surface area contributed by atoms with Crippen molar-refractivity contribution in [2.75, 3.05) is 13.2 Å². The summed E-state index contributed by atoms with van der Waals surface area (Å²) >= 11 is 0. The molecule has 0 amide bonds. The molecule has 0 aromatic heterocycles. The molecule has 1 heterocycles. The predicted molar refractivity (Wildman–Crippen MR) is 60.5 cm³/mol. The van der Waals surface area contributed by atoms with Crippen LogP contribution in [-0.4, -0.2) is 25.6 Å². The third kappa shape index (κ3) is 2.90. The number of aldehydes is 1. The molecule has 0 N–H and O–H groups in total. The summed E-state index contributed by atoms with van der Waals surface area (Å²) in [5, 5.41) is 0. The highest BCUT2D eigenvalue weighted by atomic mass is 16.5. The Bertz CT molecular complexity index is 343. The van der Waals surface area contributed by atoms with E-state index in [0.717, 1.165) is 31.3 Å². The standard InChI is InChI=1S/C13H16O3/c14-8-11-4-1-2-5-12(11)9-15-10-13-6-3-7-16-13/h1-2,4-5,8,13H,3,6-7,9-10H2. The van der Waals surface area contributed by atoms with Crippen molar-refractivity contribution in [3.63, 3.8) is 0 Å². The SMILES string of the molecule is O=Cc1ccccc1COCC1CCCO1. The van der Waals surface area contributed by atoms with E-state index in [0.29, 0.717) is 18.8 Å². The van der Waals surface area contributed by atoms with Crippen molar-refractivity contribution < 1.29 is 14.3 Å². The summed E-state index contributed by atoms with van der Waals surface area (Å²) in [6.45, 7) is 1.95. The van der Waals surface area contributed by atoms with Gasteiger partial charge in [0.1, 0.15) is 6.29 Å². The van der Waals surface area contributed by atoms with E-state index in [9.17, 15) is 4.79 Å². The van der Waals surface area contributed by atoms with Gasteiger partial charge in [-0.05, 0) is 18.4 Å². The van der Waals surface area contributed by atoms with Crippen LogP contribution in [0.25, 0.3) is 0 Å². The summed E-state index contributed by atoms with van der Waals surface area (Å²) in [6.07, 6.45) is 3.31. The molecule has 1 aromatic rings. The van der Waals surface area contributed by atoms with Gasteiger partial charge in [0, 0.05) is 12.2 Å². The van der Waals surface area contributed by atoms with Gasteiger partial charge in [-0.25, -0.2) is 0 Å². The molecule has 0 bridgehead atoms. The lowest BCUT2D eigenvalue weighted by atomic mass is 10.1. The van der Waals surface area contributed by atoms with Gasteiger partial charge in [0.25, 0.3) is 0 Å². The van der Waals surface area contributed by atoms with E-state index in [-0.39, 0.29) is 6.10 Å². The number of ether oxygens (including phenoxy) is 2. The monoisotopic (exact) mass is 220 g/mol. The van der Waals surface area contributed by atoms with Gasteiger partial charge < -0.3 is 9.47 Å². The molecule has 0 aliphatic carbocycles. The fourth-order valence-corrected chi connectivity index (χ4v) is 1.86. The molecule has 1 aromatic carbocycles. The molecular weight excluding hydrogens is 204 g/mol. The Kier molecular flexibility index (Phi) is 4.08. The van der Waals surface area contributed by atoms with Crippen molar-refractivity contribution in [2.45, 2.75) is 25.6 Å². The fraction of sp³-hybridized carbons (Fsp3) is 0.462. The van der Waals surface area contributed by atoms with Crippen molar-refractivity contribution in [1.82, 2.24) is 0 Å². The molecule has 1 aliphatic rings. The molecule has 0 radical (unpaired) electrons. The van der Waals surface area contributed by atoms with Gasteiger partial charge >= 0.3 is 0 Å². The highest BCUT2D eigenvalue weighted by molar-refractivity contribution is 5.76. The molecule has 1 atom stereocenters. The topological polar surface area (TPSA) is 35.5 Å². The Morgan fingerprint density at radius 2 is 2.31 bits per heavy atom. The Morgan fingerprint density at radius 3 is 3.06 bits per heavy atom. The second kappa shape index (κ2) is 5.77. The van der Waals surface area contributed by atoms with Crippen LogP contribution in [-0.2, 0) is 16.1 Å². The van der Waals surface area contributed by atoms with Gasteiger partial charge in [0.05, 0.1) is 19.3 Å². The van der Waals surface area contributed by atoms with Crippen molar-refractivity contribution in [1.29, 1.82) is 0 Å². The third-order valence-electron chi connectivity index (χ3n) is 2.77. The van der Waals surface area contributed by atoms with Crippen molar-refractivity contribution in [2.24, 2.45) is 0 Å². The molecule has 1 unspecified atom stereocenters. The van der Waals surface area contributed by atoms with Gasteiger partial charge in [-0.1, -0.05) is 24.3 Å². The maximum Gasteiger partial charge on any atom is 0.150 e. The van der Waals surface area contributed by atoms with Crippen LogP contribution in [0.2, 0.25) is 0 Å². The highest BCUT2D eigenvalue weighted by Crippen LogP contribution is 2.13. The first kappa shape index (κ1) is 11.3. The van der Waals surface area contributed by atoms with E-state index < -0.39 is 0 Å². The van der Waals surface area contributed by atoms with Crippen molar-refractivity contribution >= 4 is 6.29 Å². The maximum absolute atomic E-state index is 10.8. The van der Waals surface area contributed by atoms with Crippen molar-refractivity contribution in [3.8, 4) is 0 Å². The molecule has 86 valence electrons. The second-order valence-electron chi connectivity index (χ2n) is 3.97. The highest BCUT2D eigenvalue weighted by Gasteiger charge is 2.15. The average Bonchev–Trinajstić information content (AvgIpc) is 2.83. The quantitative estimate of drug-likeness (QED) is 0.713.